The van der Waals surface area contributed by atoms with Crippen LogP contribution in [0.15, 0.2) is 0 Å². The fourth-order valence-corrected chi connectivity index (χ4v) is 3.93. The topological polar surface area (TPSA) is 99.3 Å². The van der Waals surface area contributed by atoms with Crippen molar-refractivity contribution in [3.63, 3.8) is 0 Å². The minimum absolute atomic E-state index is 0.0588. The third kappa shape index (κ3) is 2.74. The van der Waals surface area contributed by atoms with Crippen LogP contribution in [0.3, 0.4) is 0 Å². The van der Waals surface area contributed by atoms with Crippen LogP contribution in [-0.4, -0.2) is 33.3 Å². The molecule has 1 aromatic rings. The lowest BCUT2D eigenvalue weighted by Gasteiger charge is -2.36. The molecular formula is C18H24N2O4. The molecule has 1 aromatic heterocycles. The molecule has 1 saturated carbocycles. The van der Waals surface area contributed by atoms with Gasteiger partial charge in [-0.25, -0.2) is 4.79 Å². The first-order chi connectivity index (χ1) is 11.3. The molecule has 2 aliphatic rings. The summed E-state index contributed by atoms with van der Waals surface area (Å²) < 4.78 is 0. The summed E-state index contributed by atoms with van der Waals surface area (Å²) in [5.41, 5.74) is 1.18. The molecule has 24 heavy (non-hydrogen) atoms. The number of hydrogen-bond acceptors (Lipinski definition) is 3. The number of aryl methyl sites for hydroxylation is 1. The van der Waals surface area contributed by atoms with Crippen LogP contribution in [0.4, 0.5) is 0 Å². The Morgan fingerprint density at radius 2 is 1.92 bits per heavy atom. The molecule has 0 atom stereocenters. The molecule has 3 rings (SSSR count). The number of ketones is 1. The number of rotatable bonds is 3. The number of carbonyl (C=O) groups excluding carboxylic acids is 2. The molecule has 1 heterocycles. The molecule has 1 fully saturated rings. The molecule has 3 N–H and O–H groups in total. The van der Waals surface area contributed by atoms with Gasteiger partial charge in [0, 0.05) is 17.7 Å². The molecule has 0 bridgehead atoms. The molecule has 1 amide bonds. The Labute approximate surface area is 141 Å². The molecule has 0 unspecified atom stereocenters. The second-order valence-electron chi connectivity index (χ2n) is 7.28. The summed E-state index contributed by atoms with van der Waals surface area (Å²) in [5.74, 6) is -0.866. The number of aliphatic carboxylic acids is 1. The van der Waals surface area contributed by atoms with Gasteiger partial charge in [-0.1, -0.05) is 6.92 Å². The molecule has 130 valence electrons. The van der Waals surface area contributed by atoms with Gasteiger partial charge >= 0.3 is 5.97 Å². The molecule has 0 radical (unpaired) electrons. The predicted molar refractivity (Wildman–Crippen MR) is 88.3 cm³/mol. The number of fused-ring (bicyclic) bond motifs is 1. The van der Waals surface area contributed by atoms with Crippen LogP contribution in [0.5, 0.6) is 0 Å². The van der Waals surface area contributed by atoms with Crippen molar-refractivity contribution in [2.45, 2.75) is 64.3 Å². The Morgan fingerprint density at radius 1 is 1.25 bits per heavy atom. The van der Waals surface area contributed by atoms with Crippen molar-refractivity contribution in [3.8, 4) is 0 Å². The number of aromatic amines is 1. The zero-order valence-corrected chi connectivity index (χ0v) is 14.2. The summed E-state index contributed by atoms with van der Waals surface area (Å²) in [5, 5.41) is 12.4. The maximum Gasteiger partial charge on any atom is 0.329 e. The molecule has 0 aliphatic heterocycles. The van der Waals surface area contributed by atoms with Gasteiger partial charge in [-0.3, -0.25) is 9.59 Å². The van der Waals surface area contributed by atoms with Crippen molar-refractivity contribution in [3.05, 3.63) is 22.5 Å². The molecular weight excluding hydrogens is 308 g/mol. The first-order valence-corrected chi connectivity index (χ1v) is 8.64. The summed E-state index contributed by atoms with van der Waals surface area (Å²) in [6.45, 7) is 3.85. The van der Waals surface area contributed by atoms with Crippen molar-refractivity contribution >= 4 is 17.7 Å². The van der Waals surface area contributed by atoms with Gasteiger partial charge in [0.1, 0.15) is 11.2 Å². The van der Waals surface area contributed by atoms with Gasteiger partial charge in [0.25, 0.3) is 5.91 Å². The highest BCUT2D eigenvalue weighted by Gasteiger charge is 2.43. The second-order valence-corrected chi connectivity index (χ2v) is 7.28. The van der Waals surface area contributed by atoms with Crippen molar-refractivity contribution < 1.29 is 19.5 Å². The number of aromatic nitrogens is 1. The van der Waals surface area contributed by atoms with E-state index in [2.05, 4.69) is 17.2 Å². The fourth-order valence-electron chi connectivity index (χ4n) is 3.93. The molecule has 0 spiro atoms. The Balaban J connectivity index is 1.87. The van der Waals surface area contributed by atoms with Crippen molar-refractivity contribution in [2.24, 2.45) is 5.92 Å². The smallest absolute Gasteiger partial charge is 0.329 e. The zero-order valence-electron chi connectivity index (χ0n) is 14.2. The average molecular weight is 332 g/mol. The quantitative estimate of drug-likeness (QED) is 0.792. The number of carboxylic acids is 1. The van der Waals surface area contributed by atoms with Crippen LogP contribution in [-0.2, 0) is 11.2 Å². The first kappa shape index (κ1) is 16.7. The molecule has 6 nitrogen and oxygen atoms in total. The number of H-pyrrole nitrogens is 1. The summed E-state index contributed by atoms with van der Waals surface area (Å²) >= 11 is 0. The van der Waals surface area contributed by atoms with Gasteiger partial charge in [0.05, 0.1) is 0 Å². The normalized spacial score (nSPS) is 26.8. The van der Waals surface area contributed by atoms with E-state index in [0.29, 0.717) is 42.0 Å². The van der Waals surface area contributed by atoms with E-state index < -0.39 is 17.4 Å². The number of Topliss-reactive ketones (excluding diaryl/α,β-unsaturated/α-hetero) is 1. The van der Waals surface area contributed by atoms with Crippen LogP contribution in [0, 0.1) is 12.8 Å². The van der Waals surface area contributed by atoms with E-state index in [-0.39, 0.29) is 5.78 Å². The van der Waals surface area contributed by atoms with Crippen LogP contribution in [0.1, 0.15) is 77.6 Å². The third-order valence-electron chi connectivity index (χ3n) is 5.55. The van der Waals surface area contributed by atoms with E-state index in [9.17, 15) is 19.5 Å². The Morgan fingerprint density at radius 3 is 2.50 bits per heavy atom. The van der Waals surface area contributed by atoms with E-state index in [1.165, 1.54) is 0 Å². The monoisotopic (exact) mass is 332 g/mol. The zero-order chi connectivity index (χ0) is 17.5. The Bertz CT molecular complexity index is 696. The Kier molecular flexibility index (Phi) is 4.24. The van der Waals surface area contributed by atoms with Gasteiger partial charge in [-0.05, 0) is 56.9 Å². The average Bonchev–Trinajstić information content (AvgIpc) is 2.88. The van der Waals surface area contributed by atoms with E-state index in [4.69, 9.17) is 0 Å². The van der Waals surface area contributed by atoms with Gasteiger partial charge in [-0.2, -0.15) is 0 Å². The first-order valence-electron chi connectivity index (χ1n) is 8.64. The number of hydrogen-bond donors (Lipinski definition) is 3. The summed E-state index contributed by atoms with van der Waals surface area (Å²) in [6, 6.07) is 0. The van der Waals surface area contributed by atoms with Gasteiger partial charge in [0.15, 0.2) is 5.78 Å². The molecule has 0 saturated heterocycles. The number of carboxylic acid groups (broad SMARTS) is 1. The maximum atomic E-state index is 12.7. The van der Waals surface area contributed by atoms with Crippen molar-refractivity contribution in [2.75, 3.05) is 0 Å². The number of carbonyl (C=O) groups is 3. The molecule has 0 aromatic carbocycles. The summed E-state index contributed by atoms with van der Waals surface area (Å²) in [4.78, 5) is 39.7. The van der Waals surface area contributed by atoms with E-state index in [1.807, 2.05) is 0 Å². The predicted octanol–water partition coefficient (Wildman–Crippen LogP) is 2.61. The van der Waals surface area contributed by atoms with E-state index in [0.717, 1.165) is 31.4 Å². The summed E-state index contributed by atoms with van der Waals surface area (Å²) in [6.07, 6.45) is 4.47. The Hall–Kier alpha value is -2.11. The standard InChI is InChI=1S/C18H24N2O4/c1-10-6-8-18(9-7-10,17(23)24)20-16(22)15-11(2)14-12(19-15)4-3-5-13(14)21/h10,19H,3-9H2,1-2H3,(H,20,22)(H,23,24). The fraction of sp³-hybridized carbons (Fsp3) is 0.611. The maximum absolute atomic E-state index is 12.7. The highest BCUT2D eigenvalue weighted by Crippen LogP contribution is 2.33. The van der Waals surface area contributed by atoms with E-state index >= 15 is 0 Å². The van der Waals surface area contributed by atoms with Crippen molar-refractivity contribution in [1.29, 1.82) is 0 Å². The number of nitrogens with one attached hydrogen (secondary N) is 2. The minimum atomic E-state index is -1.20. The highest BCUT2D eigenvalue weighted by atomic mass is 16.4. The van der Waals surface area contributed by atoms with Gasteiger partial charge in [0.2, 0.25) is 0 Å². The molecule has 6 heteroatoms. The van der Waals surface area contributed by atoms with E-state index in [1.54, 1.807) is 6.92 Å². The lowest BCUT2D eigenvalue weighted by atomic mass is 9.77. The number of amides is 1. The van der Waals surface area contributed by atoms with Gasteiger partial charge < -0.3 is 15.4 Å². The minimum Gasteiger partial charge on any atom is -0.480 e. The SMILES string of the molecule is Cc1c(C(=O)NC2(C(=O)O)CCC(C)CC2)[nH]c2c1C(=O)CCC2. The van der Waals surface area contributed by atoms with Crippen LogP contribution in [0.25, 0.3) is 0 Å². The molecule has 2 aliphatic carbocycles. The lowest BCUT2D eigenvalue weighted by molar-refractivity contribution is -0.146. The largest absolute Gasteiger partial charge is 0.480 e. The van der Waals surface area contributed by atoms with Crippen LogP contribution in [0.2, 0.25) is 0 Å². The van der Waals surface area contributed by atoms with Gasteiger partial charge in [-0.15, -0.1) is 0 Å². The van der Waals surface area contributed by atoms with Crippen molar-refractivity contribution in [1.82, 2.24) is 10.3 Å². The summed E-state index contributed by atoms with van der Waals surface area (Å²) in [7, 11) is 0. The highest BCUT2D eigenvalue weighted by molar-refractivity contribution is 6.05. The second kappa shape index (κ2) is 6.07. The lowest BCUT2D eigenvalue weighted by Crippen LogP contribution is -2.56. The third-order valence-corrected chi connectivity index (χ3v) is 5.55. The van der Waals surface area contributed by atoms with Crippen LogP contribution < -0.4 is 5.32 Å². The van der Waals surface area contributed by atoms with Crippen LogP contribution >= 0.6 is 0 Å².